The average molecular weight is 1390 g/mol. The van der Waals surface area contributed by atoms with Crippen LogP contribution < -0.4 is 4.89 Å². The number of hydrogen-bond donors (Lipinski definition) is 0. The number of nitrogens with zero attached hydrogens (tertiary/aromatic N) is 1. The van der Waals surface area contributed by atoms with Crippen LogP contribution in [-0.4, -0.2) is 70.0 Å². The van der Waals surface area contributed by atoms with Crippen molar-refractivity contribution in [2.75, 3.05) is 47.5 Å². The highest BCUT2D eigenvalue weighted by atomic mass is 31.2. The molecule has 0 amide bonds. The molecular weight excluding hydrogens is 1230 g/mol. The third-order valence-electron chi connectivity index (χ3n) is 17.7. The molecule has 0 fully saturated rings. The molecule has 2 unspecified atom stereocenters. The SMILES string of the molecule is CC/C=C\C/C=C\C/C=C\C/C=C\C/C=C\C/C=C\C/C=C\CCCCCCCCCCCCCCCCCCCCCC(=O)OC(COC(=O)CCCCCCCCCCCCCCCCCCCCCC/C=C\C/C=C\C/C=C\C/C=C\CC)COP(=O)([O-])OCC[N+](C)(C)C. The van der Waals surface area contributed by atoms with E-state index in [1.54, 1.807) is 0 Å². The molecule has 564 valence electrons. The van der Waals surface area contributed by atoms with Gasteiger partial charge in [-0.2, -0.15) is 0 Å². The molecule has 0 aliphatic heterocycles. The van der Waals surface area contributed by atoms with E-state index in [0.717, 1.165) is 109 Å². The average Bonchev–Trinajstić information content (AvgIpc) is 1.08. The van der Waals surface area contributed by atoms with Crippen molar-refractivity contribution in [3.8, 4) is 0 Å². The molecule has 0 aromatic heterocycles. The van der Waals surface area contributed by atoms with Crippen molar-refractivity contribution in [1.82, 2.24) is 0 Å². The maximum atomic E-state index is 12.9. The number of unbranched alkanes of at least 4 members (excludes halogenated alkanes) is 39. The summed E-state index contributed by atoms with van der Waals surface area (Å²) >= 11 is 0. The largest absolute Gasteiger partial charge is 0.756 e. The smallest absolute Gasteiger partial charge is 0.306 e. The number of rotatable bonds is 75. The van der Waals surface area contributed by atoms with Gasteiger partial charge < -0.3 is 27.9 Å². The zero-order valence-electron chi connectivity index (χ0n) is 64.5. The summed E-state index contributed by atoms with van der Waals surface area (Å²) < 4.78 is 34.4. The zero-order chi connectivity index (χ0) is 71.1. The normalized spacial score (nSPS) is 13.7. The predicted octanol–water partition coefficient (Wildman–Crippen LogP) is 26.9. The summed E-state index contributed by atoms with van der Waals surface area (Å²) in [6, 6.07) is 0. The molecular formula is C88H154NO8P. The van der Waals surface area contributed by atoms with Crippen molar-refractivity contribution in [3.63, 3.8) is 0 Å². The van der Waals surface area contributed by atoms with Crippen molar-refractivity contribution in [2.24, 2.45) is 0 Å². The standard InChI is InChI=1S/C88H154NO8P/c1-6-8-10-12-14-16-18-20-22-24-26-28-30-32-34-36-38-40-41-42-43-44-45-46-47-49-51-53-55-57-59-61-63-65-67-69-71-73-75-77-79-81-88(91)97-86(85-96-98(92,93)95-83-82-89(3,4)5)84-94-87(90)80-78-76-74-72-70-68-66-64-62-60-58-56-54-52-50-48-39-37-35-33-31-29-27-25-23-21-19-17-15-13-11-9-7-2/h8-11,14-17,20-23,26-29,32,34,38,40,42-43,86H,6-7,12-13,18-19,24-25,30-31,33,35-37,39,41,44-85H2,1-5H3/b10-8-,11-9-,16-14-,17-15-,22-20-,23-21-,28-26-,29-27-,34-32-,40-38-,43-42-. The van der Waals surface area contributed by atoms with Crippen molar-refractivity contribution >= 4 is 19.8 Å². The molecule has 0 aliphatic rings. The second kappa shape index (κ2) is 77.3. The lowest BCUT2D eigenvalue weighted by atomic mass is 10.0. The van der Waals surface area contributed by atoms with Crippen LogP contribution in [0, 0.1) is 0 Å². The highest BCUT2D eigenvalue weighted by molar-refractivity contribution is 7.45. The molecule has 0 saturated heterocycles. The van der Waals surface area contributed by atoms with Crippen molar-refractivity contribution < 1.29 is 42.1 Å². The van der Waals surface area contributed by atoms with Gasteiger partial charge in [0.1, 0.15) is 19.8 Å². The van der Waals surface area contributed by atoms with Gasteiger partial charge in [0.25, 0.3) is 7.82 Å². The summed E-state index contributed by atoms with van der Waals surface area (Å²) in [6.45, 7) is 4.06. The lowest BCUT2D eigenvalue weighted by Gasteiger charge is -2.28. The molecule has 0 saturated carbocycles. The third-order valence-corrected chi connectivity index (χ3v) is 18.6. The first-order chi connectivity index (χ1) is 48.0. The van der Waals surface area contributed by atoms with Gasteiger partial charge in [0, 0.05) is 12.8 Å². The van der Waals surface area contributed by atoms with Gasteiger partial charge in [-0.1, -0.05) is 372 Å². The Bertz CT molecular complexity index is 2120. The van der Waals surface area contributed by atoms with Crippen LogP contribution in [0.25, 0.3) is 0 Å². The molecule has 0 radical (unpaired) electrons. The van der Waals surface area contributed by atoms with E-state index in [1.807, 2.05) is 21.1 Å². The number of hydrogen-bond acceptors (Lipinski definition) is 8. The molecule has 0 rings (SSSR count). The van der Waals surface area contributed by atoms with Crippen molar-refractivity contribution in [3.05, 3.63) is 134 Å². The summed E-state index contributed by atoms with van der Waals surface area (Å²) in [5, 5.41) is 0. The number of likely N-dealkylation sites (N-methyl/N-ethyl adjacent to an activating group) is 1. The van der Waals surface area contributed by atoms with Gasteiger partial charge in [-0.15, -0.1) is 0 Å². The molecule has 10 heteroatoms. The lowest BCUT2D eigenvalue weighted by molar-refractivity contribution is -0.870. The molecule has 0 heterocycles. The Kier molecular flexibility index (Phi) is 74.3. The molecule has 9 nitrogen and oxygen atoms in total. The monoisotopic (exact) mass is 1380 g/mol. The lowest BCUT2D eigenvalue weighted by Crippen LogP contribution is -2.37. The Balaban J connectivity index is 3.94. The van der Waals surface area contributed by atoms with Crippen LogP contribution in [0.5, 0.6) is 0 Å². The highest BCUT2D eigenvalue weighted by Gasteiger charge is 2.22. The highest BCUT2D eigenvalue weighted by Crippen LogP contribution is 2.38. The maximum absolute atomic E-state index is 12.9. The quantitative estimate of drug-likeness (QED) is 0.0195. The molecule has 0 N–H and O–H groups in total. The first-order valence-corrected chi connectivity index (χ1v) is 42.4. The summed E-state index contributed by atoms with van der Waals surface area (Å²) in [5.41, 5.74) is 0. The van der Waals surface area contributed by atoms with E-state index in [-0.39, 0.29) is 32.0 Å². The van der Waals surface area contributed by atoms with E-state index in [9.17, 15) is 19.0 Å². The fourth-order valence-electron chi connectivity index (χ4n) is 11.5. The minimum Gasteiger partial charge on any atom is -0.756 e. The molecule has 0 aromatic carbocycles. The van der Waals surface area contributed by atoms with Crippen LogP contribution >= 0.6 is 7.82 Å². The van der Waals surface area contributed by atoms with Gasteiger partial charge in [0.2, 0.25) is 0 Å². The van der Waals surface area contributed by atoms with Crippen LogP contribution in [0.2, 0.25) is 0 Å². The number of carbonyl (C=O) groups excluding carboxylic acids is 2. The van der Waals surface area contributed by atoms with Gasteiger partial charge >= 0.3 is 11.9 Å². The van der Waals surface area contributed by atoms with E-state index in [4.69, 9.17) is 18.5 Å². The van der Waals surface area contributed by atoms with Crippen LogP contribution in [0.4, 0.5) is 0 Å². The summed E-state index contributed by atoms with van der Waals surface area (Å²) in [5.74, 6) is -0.819. The molecule has 0 aromatic rings. The van der Waals surface area contributed by atoms with Crippen LogP contribution in [0.1, 0.15) is 361 Å². The maximum Gasteiger partial charge on any atom is 0.306 e. The Labute approximate surface area is 606 Å². The van der Waals surface area contributed by atoms with Gasteiger partial charge in [-0.3, -0.25) is 14.2 Å². The van der Waals surface area contributed by atoms with Gasteiger partial charge in [-0.25, -0.2) is 0 Å². The fraction of sp³-hybridized carbons (Fsp3) is 0.727. The van der Waals surface area contributed by atoms with Crippen LogP contribution in [0.3, 0.4) is 0 Å². The van der Waals surface area contributed by atoms with Crippen molar-refractivity contribution in [1.29, 1.82) is 0 Å². The Morgan fingerprint density at radius 1 is 0.316 bits per heavy atom. The molecule has 0 bridgehead atoms. The van der Waals surface area contributed by atoms with Gasteiger partial charge in [-0.05, 0) is 109 Å². The number of phosphoric ester groups is 1. The first-order valence-electron chi connectivity index (χ1n) is 40.9. The molecule has 0 spiro atoms. The van der Waals surface area contributed by atoms with Gasteiger partial charge in [0.15, 0.2) is 6.10 Å². The molecule has 98 heavy (non-hydrogen) atoms. The number of phosphoric acid groups is 1. The minimum absolute atomic E-state index is 0.0324. The van der Waals surface area contributed by atoms with E-state index in [1.165, 1.54) is 218 Å². The Hall–Kier alpha value is -3.85. The summed E-state index contributed by atoms with van der Waals surface area (Å²) in [6.07, 6.45) is 113. The van der Waals surface area contributed by atoms with E-state index in [0.29, 0.717) is 17.4 Å². The molecule has 2 atom stereocenters. The van der Waals surface area contributed by atoms with E-state index in [2.05, 4.69) is 148 Å². The van der Waals surface area contributed by atoms with Crippen LogP contribution in [0.15, 0.2) is 134 Å². The Morgan fingerprint density at radius 3 is 0.816 bits per heavy atom. The second-order valence-corrected chi connectivity index (χ2v) is 29.8. The topological polar surface area (TPSA) is 111 Å². The Morgan fingerprint density at radius 2 is 0.551 bits per heavy atom. The fourth-order valence-corrected chi connectivity index (χ4v) is 12.2. The predicted molar refractivity (Wildman–Crippen MR) is 424 cm³/mol. The van der Waals surface area contributed by atoms with Gasteiger partial charge in [0.05, 0.1) is 27.7 Å². The molecule has 0 aliphatic carbocycles. The van der Waals surface area contributed by atoms with Crippen LogP contribution in [-0.2, 0) is 32.7 Å². The number of carbonyl (C=O) groups is 2. The van der Waals surface area contributed by atoms with E-state index >= 15 is 0 Å². The first kappa shape index (κ1) is 94.2. The van der Waals surface area contributed by atoms with E-state index < -0.39 is 26.5 Å². The zero-order valence-corrected chi connectivity index (χ0v) is 65.3. The number of esters is 2. The second-order valence-electron chi connectivity index (χ2n) is 28.4. The summed E-state index contributed by atoms with van der Waals surface area (Å²) in [4.78, 5) is 38.2. The minimum atomic E-state index is -4.65. The number of allylic oxidation sites excluding steroid dienone is 22. The third kappa shape index (κ3) is 81.1. The number of quaternary nitrogens is 1. The summed E-state index contributed by atoms with van der Waals surface area (Å²) in [7, 11) is 1.17. The number of ether oxygens (including phenoxy) is 2. The van der Waals surface area contributed by atoms with Crippen molar-refractivity contribution in [2.45, 2.75) is 367 Å².